The number of fused-ring (bicyclic) bond motifs is 3. The minimum Gasteiger partial charge on any atom is -0.387 e. The average molecular weight is 433 g/mol. The van der Waals surface area contributed by atoms with E-state index < -0.39 is 36.9 Å². The summed E-state index contributed by atoms with van der Waals surface area (Å²) >= 11 is 6.05. The van der Waals surface area contributed by atoms with Gasteiger partial charge in [0.05, 0.1) is 12.1 Å². The molecule has 1 unspecified atom stereocenters. The second kappa shape index (κ2) is 7.16. The van der Waals surface area contributed by atoms with Crippen molar-refractivity contribution >= 4 is 29.6 Å². The topological polar surface area (TPSA) is 123 Å². The maximum absolute atomic E-state index is 10.8. The van der Waals surface area contributed by atoms with Gasteiger partial charge in [-0.05, 0) is 30.2 Å². The summed E-state index contributed by atoms with van der Waals surface area (Å²) in [6, 6.07) is 6.83. The first-order valence-electron chi connectivity index (χ1n) is 9.59. The number of nitrogens with zero attached hydrogens (tertiary/aromatic N) is 4. The number of aliphatic hydroxyl groups excluding tert-OH is 4. The summed E-state index contributed by atoms with van der Waals surface area (Å²) in [5, 5.41) is 42.6. The molecular weight excluding hydrogens is 412 g/mol. The van der Waals surface area contributed by atoms with Gasteiger partial charge in [0.1, 0.15) is 42.4 Å². The lowest BCUT2D eigenvalue weighted by molar-refractivity contribution is -0.0854. The second-order valence-electron chi connectivity index (χ2n) is 7.68. The highest BCUT2D eigenvalue weighted by atomic mass is 35.5. The molecule has 1 saturated heterocycles. The number of hydrogen-bond donors (Lipinski definition) is 4. The fourth-order valence-electron chi connectivity index (χ4n) is 4.12. The lowest BCUT2D eigenvalue weighted by Crippen LogP contribution is -2.37. The molecule has 3 aliphatic rings. The molecule has 10 heteroatoms. The number of rotatable bonds is 3. The van der Waals surface area contributed by atoms with Crippen LogP contribution in [-0.2, 0) is 4.74 Å². The number of aliphatic hydroxyl groups is 4. The van der Waals surface area contributed by atoms with Crippen LogP contribution in [0.3, 0.4) is 0 Å². The summed E-state index contributed by atoms with van der Waals surface area (Å²) in [5.41, 5.74) is 2.01. The van der Waals surface area contributed by atoms with Crippen molar-refractivity contribution in [3.05, 3.63) is 52.2 Å². The third-order valence-corrected chi connectivity index (χ3v) is 6.21. The molecule has 9 nitrogen and oxygen atoms in total. The van der Waals surface area contributed by atoms with Crippen LogP contribution in [0.1, 0.15) is 29.0 Å². The molecule has 0 saturated carbocycles. The van der Waals surface area contributed by atoms with Gasteiger partial charge in [0.15, 0.2) is 12.5 Å². The van der Waals surface area contributed by atoms with Gasteiger partial charge in [0.25, 0.3) is 0 Å². The van der Waals surface area contributed by atoms with Crippen molar-refractivity contribution in [3.63, 3.8) is 0 Å². The summed E-state index contributed by atoms with van der Waals surface area (Å²) in [7, 11) is 0. The largest absolute Gasteiger partial charge is 0.387 e. The Bertz CT molecular complexity index is 1050. The zero-order valence-corrected chi connectivity index (χ0v) is 16.8. The highest BCUT2D eigenvalue weighted by Gasteiger charge is 2.48. The first-order valence-corrected chi connectivity index (χ1v) is 9.96. The SMILES string of the molecule is Cc1cc([C@@H](O)[C@H]2O[C@@H](n3ccc4c3N=CN3C4=NCC3O)[C@H](O)[C@@H]2O)ccc1Cl. The van der Waals surface area contributed by atoms with E-state index in [1.54, 1.807) is 39.9 Å². The molecule has 0 spiro atoms. The Hall–Kier alpha value is -2.27. The van der Waals surface area contributed by atoms with E-state index in [0.29, 0.717) is 27.8 Å². The molecule has 4 heterocycles. The van der Waals surface area contributed by atoms with Gasteiger partial charge in [-0.3, -0.25) is 9.89 Å². The van der Waals surface area contributed by atoms with Crippen LogP contribution in [0.25, 0.3) is 0 Å². The lowest BCUT2D eigenvalue weighted by atomic mass is 9.98. The monoisotopic (exact) mass is 432 g/mol. The molecule has 0 bridgehead atoms. The van der Waals surface area contributed by atoms with Gasteiger partial charge in [0, 0.05) is 11.2 Å². The van der Waals surface area contributed by atoms with Crippen molar-refractivity contribution in [2.24, 2.45) is 9.98 Å². The molecule has 1 fully saturated rings. The van der Waals surface area contributed by atoms with Crippen molar-refractivity contribution in [2.45, 2.75) is 43.8 Å². The normalized spacial score (nSPS) is 30.9. The molecule has 0 amide bonds. The van der Waals surface area contributed by atoms with Crippen molar-refractivity contribution in [1.29, 1.82) is 0 Å². The van der Waals surface area contributed by atoms with Crippen molar-refractivity contribution < 1.29 is 25.2 Å². The van der Waals surface area contributed by atoms with Crippen LogP contribution in [0.4, 0.5) is 5.82 Å². The van der Waals surface area contributed by atoms with E-state index in [9.17, 15) is 20.4 Å². The van der Waals surface area contributed by atoms with Gasteiger partial charge in [-0.15, -0.1) is 0 Å². The summed E-state index contributed by atoms with van der Waals surface area (Å²) < 4.78 is 7.52. The van der Waals surface area contributed by atoms with Gasteiger partial charge in [-0.2, -0.15) is 0 Å². The maximum Gasteiger partial charge on any atom is 0.164 e. The first kappa shape index (κ1) is 19.7. The summed E-state index contributed by atoms with van der Waals surface area (Å²) in [6.45, 7) is 2.07. The highest BCUT2D eigenvalue weighted by Crippen LogP contribution is 2.40. The molecule has 6 atom stereocenters. The van der Waals surface area contributed by atoms with Gasteiger partial charge in [0.2, 0.25) is 0 Å². The number of ether oxygens (including phenoxy) is 1. The molecule has 1 aromatic carbocycles. The molecule has 0 radical (unpaired) electrons. The Morgan fingerprint density at radius 3 is 2.77 bits per heavy atom. The van der Waals surface area contributed by atoms with E-state index in [4.69, 9.17) is 16.3 Å². The van der Waals surface area contributed by atoms with Crippen LogP contribution in [0.5, 0.6) is 0 Å². The highest BCUT2D eigenvalue weighted by molar-refractivity contribution is 6.31. The van der Waals surface area contributed by atoms with E-state index in [-0.39, 0.29) is 6.54 Å². The molecule has 1 aromatic heterocycles. The number of hydrogen-bond acceptors (Lipinski definition) is 8. The third-order valence-electron chi connectivity index (χ3n) is 5.79. The summed E-state index contributed by atoms with van der Waals surface area (Å²) in [4.78, 5) is 10.3. The first-order chi connectivity index (χ1) is 14.4. The number of benzene rings is 1. The second-order valence-corrected chi connectivity index (χ2v) is 8.09. The Kier molecular flexibility index (Phi) is 4.69. The summed E-state index contributed by atoms with van der Waals surface area (Å²) in [5.74, 6) is 1.08. The van der Waals surface area contributed by atoms with Crippen LogP contribution in [0.15, 0.2) is 40.4 Å². The fourth-order valence-corrected chi connectivity index (χ4v) is 4.24. The summed E-state index contributed by atoms with van der Waals surface area (Å²) in [6.07, 6.45) is -3.33. The van der Waals surface area contributed by atoms with Crippen LogP contribution in [0, 0.1) is 6.92 Å². The van der Waals surface area contributed by atoms with E-state index in [1.165, 1.54) is 6.34 Å². The van der Waals surface area contributed by atoms with Crippen molar-refractivity contribution in [2.75, 3.05) is 6.54 Å². The fraction of sp³-hybridized carbons (Fsp3) is 0.400. The average Bonchev–Trinajstić information content (AvgIpc) is 3.40. The van der Waals surface area contributed by atoms with Crippen LogP contribution in [0.2, 0.25) is 5.02 Å². The van der Waals surface area contributed by atoms with Gasteiger partial charge < -0.3 is 29.7 Å². The molecule has 5 rings (SSSR count). The molecule has 4 N–H and O–H groups in total. The van der Waals surface area contributed by atoms with Crippen LogP contribution < -0.4 is 0 Å². The molecule has 30 heavy (non-hydrogen) atoms. The minimum absolute atomic E-state index is 0.252. The molecule has 3 aliphatic heterocycles. The number of amidine groups is 1. The van der Waals surface area contributed by atoms with Crippen LogP contribution >= 0.6 is 11.6 Å². The quantitative estimate of drug-likeness (QED) is 0.570. The number of halogens is 1. The Balaban J connectivity index is 1.44. The molecule has 0 aliphatic carbocycles. The lowest BCUT2D eigenvalue weighted by Gasteiger charge is -2.25. The molecule has 158 valence electrons. The van der Waals surface area contributed by atoms with Gasteiger partial charge in [-0.25, -0.2) is 4.99 Å². The Morgan fingerprint density at radius 1 is 1.20 bits per heavy atom. The van der Waals surface area contributed by atoms with Crippen molar-refractivity contribution in [1.82, 2.24) is 9.47 Å². The van der Waals surface area contributed by atoms with E-state index in [0.717, 1.165) is 5.56 Å². The smallest absolute Gasteiger partial charge is 0.164 e. The zero-order valence-electron chi connectivity index (χ0n) is 16.0. The van der Waals surface area contributed by atoms with Gasteiger partial charge >= 0.3 is 0 Å². The predicted octanol–water partition coefficient (Wildman–Crippen LogP) is 0.857. The Labute approximate surface area is 177 Å². The zero-order chi connectivity index (χ0) is 21.2. The standard InChI is InChI=1S/C20H21ClN4O5/c1-9-6-10(2-3-12(9)21)14(27)17-15(28)16(29)20(30-17)24-5-4-11-18-22-7-13(26)25(18)8-23-19(11)24/h2-6,8,13-17,20,26-29H,7H2,1H3/t13?,14-,15+,16-,17-,20-/m1/s1. The van der Waals surface area contributed by atoms with E-state index >= 15 is 0 Å². The molecule has 2 aromatic rings. The van der Waals surface area contributed by atoms with Crippen molar-refractivity contribution in [3.8, 4) is 0 Å². The molecular formula is C20H21ClN4O5. The van der Waals surface area contributed by atoms with Gasteiger partial charge in [-0.1, -0.05) is 23.7 Å². The third kappa shape index (κ3) is 2.89. The maximum atomic E-state index is 10.8. The number of aromatic nitrogens is 1. The minimum atomic E-state index is -1.31. The predicted molar refractivity (Wildman–Crippen MR) is 109 cm³/mol. The van der Waals surface area contributed by atoms with E-state index in [1.807, 2.05) is 6.92 Å². The number of aliphatic imine (C=N–C) groups is 2. The van der Waals surface area contributed by atoms with E-state index in [2.05, 4.69) is 9.98 Å². The van der Waals surface area contributed by atoms with Crippen LogP contribution in [-0.4, -0.2) is 73.2 Å². The number of aryl methyl sites for hydroxylation is 1. The Morgan fingerprint density at radius 2 is 2.00 bits per heavy atom.